The van der Waals surface area contributed by atoms with Crippen LogP contribution in [0.15, 0.2) is 48.5 Å². The molecule has 2 unspecified atom stereocenters. The lowest BCUT2D eigenvalue weighted by Crippen LogP contribution is -2.52. The first-order valence-corrected chi connectivity index (χ1v) is 11.8. The van der Waals surface area contributed by atoms with E-state index < -0.39 is 0 Å². The molecule has 2 atom stereocenters. The van der Waals surface area contributed by atoms with E-state index >= 15 is 0 Å². The van der Waals surface area contributed by atoms with Gasteiger partial charge in [0, 0.05) is 30.7 Å². The van der Waals surface area contributed by atoms with E-state index in [0.29, 0.717) is 30.0 Å². The number of nitrogens with one attached hydrogen (secondary N) is 1. The highest BCUT2D eigenvalue weighted by molar-refractivity contribution is 6.06. The Labute approximate surface area is 197 Å². The molecule has 0 aromatic heterocycles. The predicted octanol–water partition coefficient (Wildman–Crippen LogP) is 4.98. The summed E-state index contributed by atoms with van der Waals surface area (Å²) in [5.41, 5.74) is 8.48. The fourth-order valence-electron chi connectivity index (χ4n) is 4.45. The molecule has 2 aromatic rings. The minimum atomic E-state index is -0.237. The fraction of sp³-hybridized carbons (Fsp3) is 0.481. The van der Waals surface area contributed by atoms with Gasteiger partial charge in [0.25, 0.3) is 5.91 Å². The van der Waals surface area contributed by atoms with E-state index in [1.54, 1.807) is 25.3 Å². The van der Waals surface area contributed by atoms with E-state index in [2.05, 4.69) is 26.1 Å². The summed E-state index contributed by atoms with van der Waals surface area (Å²) in [5, 5.41) is 2.96. The molecule has 3 rings (SSSR count). The van der Waals surface area contributed by atoms with Crippen molar-refractivity contribution in [3.05, 3.63) is 59.7 Å². The SMILES string of the molecule is COc1ccccc1C(=O)Nc1cccc(CN(C(=O)CC(C)(C)C)C2CCCCC2N)c1. The number of para-hydroxylation sites is 1. The van der Waals surface area contributed by atoms with Gasteiger partial charge in [-0.25, -0.2) is 0 Å². The van der Waals surface area contributed by atoms with Crippen LogP contribution < -0.4 is 15.8 Å². The molecule has 33 heavy (non-hydrogen) atoms. The summed E-state index contributed by atoms with van der Waals surface area (Å²) in [6, 6.07) is 14.8. The van der Waals surface area contributed by atoms with Gasteiger partial charge in [-0.1, -0.05) is 57.9 Å². The van der Waals surface area contributed by atoms with Crippen molar-refractivity contribution in [2.75, 3.05) is 12.4 Å². The van der Waals surface area contributed by atoms with Crippen LogP contribution in [-0.2, 0) is 11.3 Å². The minimum absolute atomic E-state index is 0.00361. The summed E-state index contributed by atoms with van der Waals surface area (Å²) in [6.45, 7) is 6.72. The van der Waals surface area contributed by atoms with Gasteiger partial charge in [0.15, 0.2) is 0 Å². The maximum atomic E-state index is 13.3. The number of rotatable bonds is 7. The lowest BCUT2D eigenvalue weighted by molar-refractivity contribution is -0.137. The van der Waals surface area contributed by atoms with Gasteiger partial charge in [-0.05, 0) is 48.1 Å². The van der Waals surface area contributed by atoms with Crippen LogP contribution in [0, 0.1) is 5.41 Å². The van der Waals surface area contributed by atoms with Gasteiger partial charge >= 0.3 is 0 Å². The van der Waals surface area contributed by atoms with E-state index in [4.69, 9.17) is 10.5 Å². The summed E-state index contributed by atoms with van der Waals surface area (Å²) < 4.78 is 5.31. The molecular weight excluding hydrogens is 414 g/mol. The fourth-order valence-corrected chi connectivity index (χ4v) is 4.45. The molecule has 3 N–H and O–H groups in total. The number of methoxy groups -OCH3 is 1. The highest BCUT2D eigenvalue weighted by Gasteiger charge is 2.32. The van der Waals surface area contributed by atoms with Crippen molar-refractivity contribution in [3.63, 3.8) is 0 Å². The molecule has 1 saturated carbocycles. The summed E-state index contributed by atoms with van der Waals surface area (Å²) in [7, 11) is 1.55. The number of ether oxygens (including phenoxy) is 1. The highest BCUT2D eigenvalue weighted by atomic mass is 16.5. The van der Waals surface area contributed by atoms with Crippen LogP contribution in [0.4, 0.5) is 5.69 Å². The summed E-state index contributed by atoms with van der Waals surface area (Å²) in [5.74, 6) is 0.421. The zero-order valence-electron chi connectivity index (χ0n) is 20.3. The Hall–Kier alpha value is -2.86. The monoisotopic (exact) mass is 451 g/mol. The summed E-state index contributed by atoms with van der Waals surface area (Å²) in [6.07, 6.45) is 4.55. The molecule has 6 nitrogen and oxygen atoms in total. The Bertz CT molecular complexity index is 967. The number of nitrogens with two attached hydrogens (primary N) is 1. The van der Waals surface area contributed by atoms with Crippen molar-refractivity contribution < 1.29 is 14.3 Å². The van der Waals surface area contributed by atoms with Gasteiger partial charge < -0.3 is 20.7 Å². The highest BCUT2D eigenvalue weighted by Crippen LogP contribution is 2.28. The lowest BCUT2D eigenvalue weighted by atomic mass is 9.87. The number of nitrogens with zero attached hydrogens (tertiary/aromatic N) is 1. The average molecular weight is 452 g/mol. The molecule has 2 aromatic carbocycles. The van der Waals surface area contributed by atoms with Crippen LogP contribution in [0.2, 0.25) is 0 Å². The molecule has 0 heterocycles. The number of hydrogen-bond acceptors (Lipinski definition) is 4. The van der Waals surface area contributed by atoms with Crippen molar-refractivity contribution in [2.45, 2.75) is 71.5 Å². The number of hydrogen-bond donors (Lipinski definition) is 2. The maximum absolute atomic E-state index is 13.3. The van der Waals surface area contributed by atoms with Gasteiger partial charge in [0.2, 0.25) is 5.91 Å². The quantitative estimate of drug-likeness (QED) is 0.622. The van der Waals surface area contributed by atoms with Crippen molar-refractivity contribution >= 4 is 17.5 Å². The maximum Gasteiger partial charge on any atom is 0.259 e. The number of anilines is 1. The lowest BCUT2D eigenvalue weighted by Gasteiger charge is -2.39. The van der Waals surface area contributed by atoms with Gasteiger partial charge in [0.05, 0.1) is 12.7 Å². The van der Waals surface area contributed by atoms with Crippen molar-refractivity contribution in [2.24, 2.45) is 11.1 Å². The second kappa shape index (κ2) is 10.8. The van der Waals surface area contributed by atoms with E-state index in [-0.39, 0.29) is 29.3 Å². The molecule has 2 amide bonds. The molecule has 1 fully saturated rings. The predicted molar refractivity (Wildman–Crippen MR) is 132 cm³/mol. The number of amides is 2. The normalized spacial score (nSPS) is 18.5. The Morgan fingerprint density at radius 1 is 1.09 bits per heavy atom. The molecule has 0 bridgehead atoms. The van der Waals surface area contributed by atoms with E-state index in [1.165, 1.54) is 0 Å². The van der Waals surface area contributed by atoms with Crippen LogP contribution >= 0.6 is 0 Å². The van der Waals surface area contributed by atoms with Crippen LogP contribution in [0.3, 0.4) is 0 Å². The minimum Gasteiger partial charge on any atom is -0.496 e. The molecule has 0 aliphatic heterocycles. The standard InChI is InChI=1S/C27H37N3O3/c1-27(2,3)17-25(31)30(23-14-7-6-13-22(23)28)18-19-10-9-11-20(16-19)29-26(32)21-12-5-8-15-24(21)33-4/h5,8-12,15-16,22-23H,6-7,13-14,17-18,28H2,1-4H3,(H,29,32). The number of benzene rings is 2. The third-order valence-electron chi connectivity index (χ3n) is 6.07. The molecule has 0 spiro atoms. The largest absolute Gasteiger partial charge is 0.496 e. The third-order valence-corrected chi connectivity index (χ3v) is 6.07. The second-order valence-electron chi connectivity index (χ2n) is 10.1. The zero-order valence-corrected chi connectivity index (χ0v) is 20.3. The van der Waals surface area contributed by atoms with Crippen LogP contribution in [0.1, 0.15) is 68.8 Å². The van der Waals surface area contributed by atoms with Crippen LogP contribution in [0.25, 0.3) is 0 Å². The Morgan fingerprint density at radius 2 is 1.82 bits per heavy atom. The zero-order chi connectivity index (χ0) is 24.0. The van der Waals surface area contributed by atoms with E-state index in [9.17, 15) is 9.59 Å². The van der Waals surface area contributed by atoms with Gasteiger partial charge in [-0.15, -0.1) is 0 Å². The van der Waals surface area contributed by atoms with Gasteiger partial charge in [-0.3, -0.25) is 9.59 Å². The second-order valence-corrected chi connectivity index (χ2v) is 10.1. The molecule has 1 aliphatic carbocycles. The van der Waals surface area contributed by atoms with Crippen molar-refractivity contribution in [3.8, 4) is 5.75 Å². The Kier molecular flexibility index (Phi) is 8.14. The summed E-state index contributed by atoms with van der Waals surface area (Å²) in [4.78, 5) is 28.1. The van der Waals surface area contributed by atoms with Crippen molar-refractivity contribution in [1.82, 2.24) is 4.90 Å². The third kappa shape index (κ3) is 6.81. The number of carbonyl (C=O) groups is 2. The molecule has 1 aliphatic rings. The number of carbonyl (C=O) groups excluding carboxylic acids is 2. The molecule has 178 valence electrons. The first-order valence-electron chi connectivity index (χ1n) is 11.8. The Balaban J connectivity index is 1.80. The first kappa shape index (κ1) is 24.8. The average Bonchev–Trinajstić information content (AvgIpc) is 2.77. The summed E-state index contributed by atoms with van der Waals surface area (Å²) >= 11 is 0. The van der Waals surface area contributed by atoms with E-state index in [0.717, 1.165) is 31.2 Å². The van der Waals surface area contributed by atoms with Gasteiger partial charge in [-0.2, -0.15) is 0 Å². The topological polar surface area (TPSA) is 84.7 Å². The molecule has 0 saturated heterocycles. The first-order chi connectivity index (χ1) is 15.7. The van der Waals surface area contributed by atoms with Crippen molar-refractivity contribution in [1.29, 1.82) is 0 Å². The van der Waals surface area contributed by atoms with Gasteiger partial charge in [0.1, 0.15) is 5.75 Å². The molecule has 0 radical (unpaired) electrons. The smallest absolute Gasteiger partial charge is 0.259 e. The molecular formula is C27H37N3O3. The van der Waals surface area contributed by atoms with Crippen LogP contribution in [-0.4, -0.2) is 35.9 Å². The Morgan fingerprint density at radius 3 is 2.52 bits per heavy atom. The van der Waals surface area contributed by atoms with Crippen LogP contribution in [0.5, 0.6) is 5.75 Å². The molecule has 6 heteroatoms. The van der Waals surface area contributed by atoms with E-state index in [1.807, 2.05) is 35.2 Å².